The van der Waals surface area contributed by atoms with Crippen LogP contribution in [-0.4, -0.2) is 67.5 Å². The van der Waals surface area contributed by atoms with Crippen molar-refractivity contribution in [2.75, 3.05) is 26.2 Å². The molecule has 1 unspecified atom stereocenters. The van der Waals surface area contributed by atoms with Gasteiger partial charge in [0.1, 0.15) is 6.04 Å². The highest BCUT2D eigenvalue weighted by Crippen LogP contribution is 2.26. The first kappa shape index (κ1) is 21.6. The van der Waals surface area contributed by atoms with E-state index in [9.17, 15) is 9.59 Å². The molecule has 1 aliphatic rings. The zero-order valence-corrected chi connectivity index (χ0v) is 19.8. The number of carbonyl (C=O) groups is 2. The van der Waals surface area contributed by atoms with E-state index in [1.165, 1.54) is 0 Å². The van der Waals surface area contributed by atoms with Gasteiger partial charge in [-0.3, -0.25) is 19.3 Å². The van der Waals surface area contributed by atoms with E-state index in [2.05, 4.69) is 15.2 Å². The second-order valence-corrected chi connectivity index (χ2v) is 9.45. The van der Waals surface area contributed by atoms with E-state index < -0.39 is 6.04 Å². The standard InChI is InChI=1S/C23H24N6O2S2/c1-15(29-21(25-26-23(29)32)19-7-4-12-33-19)22(31)28-10-8-27(9-11-28)20(30)13-16-14-24-18-6-3-2-5-17(16)18/h2-7,12,14-15,24H,8-11,13H2,1H3,(H,26,32). The smallest absolute Gasteiger partial charge is 0.245 e. The zero-order valence-electron chi connectivity index (χ0n) is 18.2. The molecule has 1 atom stereocenters. The molecule has 0 saturated carbocycles. The molecule has 10 heteroatoms. The van der Waals surface area contributed by atoms with E-state index in [0.29, 0.717) is 43.2 Å². The number of hydrogen-bond donors (Lipinski definition) is 2. The van der Waals surface area contributed by atoms with Crippen LogP contribution < -0.4 is 0 Å². The molecule has 1 saturated heterocycles. The number of H-pyrrole nitrogens is 2. The van der Waals surface area contributed by atoms with Gasteiger partial charge in [0, 0.05) is 43.3 Å². The first-order valence-electron chi connectivity index (χ1n) is 10.9. The van der Waals surface area contributed by atoms with Crippen molar-refractivity contribution in [1.29, 1.82) is 0 Å². The number of benzene rings is 1. The van der Waals surface area contributed by atoms with E-state index in [1.807, 2.05) is 64.7 Å². The second-order valence-electron chi connectivity index (χ2n) is 8.12. The fourth-order valence-corrected chi connectivity index (χ4v) is 5.35. The van der Waals surface area contributed by atoms with E-state index in [-0.39, 0.29) is 11.8 Å². The molecule has 1 aliphatic heterocycles. The Morgan fingerprint density at radius 1 is 1.12 bits per heavy atom. The van der Waals surface area contributed by atoms with Crippen LogP contribution in [0.25, 0.3) is 21.6 Å². The first-order valence-corrected chi connectivity index (χ1v) is 12.1. The van der Waals surface area contributed by atoms with Crippen LogP contribution in [0, 0.1) is 4.77 Å². The summed E-state index contributed by atoms with van der Waals surface area (Å²) < 4.78 is 2.20. The number of hydrogen-bond acceptors (Lipinski definition) is 5. The lowest BCUT2D eigenvalue weighted by Gasteiger charge is -2.36. The maximum Gasteiger partial charge on any atom is 0.245 e. The van der Waals surface area contributed by atoms with Gasteiger partial charge in [0.2, 0.25) is 11.8 Å². The van der Waals surface area contributed by atoms with Crippen molar-refractivity contribution in [2.45, 2.75) is 19.4 Å². The van der Waals surface area contributed by atoms with Gasteiger partial charge < -0.3 is 14.8 Å². The van der Waals surface area contributed by atoms with Crippen LogP contribution in [0.3, 0.4) is 0 Å². The van der Waals surface area contributed by atoms with Gasteiger partial charge in [0.25, 0.3) is 0 Å². The predicted molar refractivity (Wildman–Crippen MR) is 131 cm³/mol. The number of carbonyl (C=O) groups excluding carboxylic acids is 2. The molecule has 3 aromatic heterocycles. The number of nitrogens with zero attached hydrogens (tertiary/aromatic N) is 4. The first-order chi connectivity index (χ1) is 16.0. The van der Waals surface area contributed by atoms with Crippen LogP contribution in [0.5, 0.6) is 0 Å². The molecular formula is C23H24N6O2S2. The molecule has 0 spiro atoms. The molecule has 0 radical (unpaired) electrons. The molecule has 33 heavy (non-hydrogen) atoms. The van der Waals surface area contributed by atoms with Crippen molar-refractivity contribution >= 4 is 46.3 Å². The molecule has 4 aromatic rings. The molecule has 1 aromatic carbocycles. The SMILES string of the molecule is CC(C(=O)N1CCN(C(=O)Cc2c[nH]c3ccccc23)CC1)n1c(-c2cccs2)n[nH]c1=S. The number of aromatic amines is 2. The van der Waals surface area contributed by atoms with Crippen LogP contribution in [0.2, 0.25) is 0 Å². The normalized spacial score (nSPS) is 15.2. The Morgan fingerprint density at radius 3 is 2.64 bits per heavy atom. The summed E-state index contributed by atoms with van der Waals surface area (Å²) in [5.74, 6) is 0.731. The predicted octanol–water partition coefficient (Wildman–Crippen LogP) is 3.62. The number of rotatable bonds is 5. The van der Waals surface area contributed by atoms with Crippen molar-refractivity contribution in [1.82, 2.24) is 29.5 Å². The summed E-state index contributed by atoms with van der Waals surface area (Å²) in [6.07, 6.45) is 2.26. The van der Waals surface area contributed by atoms with Gasteiger partial charge in [-0.1, -0.05) is 24.3 Å². The van der Waals surface area contributed by atoms with E-state index in [0.717, 1.165) is 21.3 Å². The summed E-state index contributed by atoms with van der Waals surface area (Å²) in [5, 5.41) is 10.2. The average molecular weight is 481 g/mol. The highest BCUT2D eigenvalue weighted by atomic mass is 32.1. The van der Waals surface area contributed by atoms with Crippen molar-refractivity contribution in [3.63, 3.8) is 0 Å². The summed E-state index contributed by atoms with van der Waals surface area (Å²) in [5.41, 5.74) is 2.03. The zero-order chi connectivity index (χ0) is 22.9. The maximum absolute atomic E-state index is 13.3. The molecule has 2 amide bonds. The molecule has 1 fully saturated rings. The van der Waals surface area contributed by atoms with Gasteiger partial charge in [0.15, 0.2) is 10.6 Å². The number of nitrogens with one attached hydrogen (secondary N) is 2. The molecule has 5 rings (SSSR count). The van der Waals surface area contributed by atoms with Crippen LogP contribution in [0.1, 0.15) is 18.5 Å². The van der Waals surface area contributed by atoms with Gasteiger partial charge >= 0.3 is 0 Å². The second kappa shape index (κ2) is 8.95. The minimum Gasteiger partial charge on any atom is -0.361 e. The molecule has 8 nitrogen and oxygen atoms in total. The Balaban J connectivity index is 1.23. The Bertz CT molecular complexity index is 1340. The highest BCUT2D eigenvalue weighted by molar-refractivity contribution is 7.71. The van der Waals surface area contributed by atoms with Crippen molar-refractivity contribution in [2.24, 2.45) is 0 Å². The third-order valence-electron chi connectivity index (χ3n) is 6.15. The number of fused-ring (bicyclic) bond motifs is 1. The highest BCUT2D eigenvalue weighted by Gasteiger charge is 2.29. The Hall–Kier alpha value is -3.24. The lowest BCUT2D eigenvalue weighted by Crippen LogP contribution is -2.52. The molecule has 4 heterocycles. The quantitative estimate of drug-likeness (QED) is 0.427. The fraction of sp³-hybridized carbons (Fsp3) is 0.304. The molecule has 2 N–H and O–H groups in total. The number of aromatic nitrogens is 4. The number of thiophene rings is 1. The average Bonchev–Trinajstić information content (AvgIpc) is 3.59. The Kier molecular flexibility index (Phi) is 5.86. The van der Waals surface area contributed by atoms with Crippen LogP contribution >= 0.6 is 23.6 Å². The number of amides is 2. The van der Waals surface area contributed by atoms with Gasteiger partial charge in [-0.15, -0.1) is 11.3 Å². The fourth-order valence-electron chi connectivity index (χ4n) is 4.35. The summed E-state index contributed by atoms with van der Waals surface area (Å²) in [7, 11) is 0. The van der Waals surface area contributed by atoms with Crippen LogP contribution in [0.4, 0.5) is 0 Å². The largest absolute Gasteiger partial charge is 0.361 e. The van der Waals surface area contributed by atoms with Crippen molar-refractivity contribution in [3.05, 3.63) is 58.3 Å². The molecule has 0 bridgehead atoms. The summed E-state index contributed by atoms with van der Waals surface area (Å²) in [6.45, 7) is 3.90. The Labute approximate surface area is 199 Å². The van der Waals surface area contributed by atoms with Gasteiger partial charge in [-0.05, 0) is 42.2 Å². The van der Waals surface area contributed by atoms with Crippen molar-refractivity contribution < 1.29 is 9.59 Å². The number of para-hydroxylation sites is 1. The number of piperazine rings is 1. The monoisotopic (exact) mass is 480 g/mol. The van der Waals surface area contributed by atoms with Gasteiger partial charge in [-0.2, -0.15) is 5.10 Å². The lowest BCUT2D eigenvalue weighted by molar-refractivity contribution is -0.141. The van der Waals surface area contributed by atoms with E-state index >= 15 is 0 Å². The third-order valence-corrected chi connectivity index (χ3v) is 7.31. The molecule has 170 valence electrons. The van der Waals surface area contributed by atoms with E-state index in [1.54, 1.807) is 15.9 Å². The minimum atomic E-state index is -0.484. The summed E-state index contributed by atoms with van der Waals surface area (Å²) in [6, 6.07) is 11.4. The van der Waals surface area contributed by atoms with Gasteiger partial charge in [0.05, 0.1) is 11.3 Å². The Morgan fingerprint density at radius 2 is 1.88 bits per heavy atom. The van der Waals surface area contributed by atoms with Crippen molar-refractivity contribution in [3.8, 4) is 10.7 Å². The lowest BCUT2D eigenvalue weighted by atomic mass is 10.1. The van der Waals surface area contributed by atoms with E-state index in [4.69, 9.17) is 12.2 Å². The molecule has 0 aliphatic carbocycles. The van der Waals surface area contributed by atoms with Gasteiger partial charge in [-0.25, -0.2) is 0 Å². The maximum atomic E-state index is 13.3. The van der Waals surface area contributed by atoms with Crippen LogP contribution in [0.15, 0.2) is 48.0 Å². The summed E-state index contributed by atoms with van der Waals surface area (Å²) >= 11 is 6.96. The topological polar surface area (TPSA) is 90.0 Å². The van der Waals surface area contributed by atoms with Crippen LogP contribution in [-0.2, 0) is 16.0 Å². The minimum absolute atomic E-state index is 0.0194. The third kappa shape index (κ3) is 4.11. The molecular weight excluding hydrogens is 456 g/mol. The summed E-state index contributed by atoms with van der Waals surface area (Å²) in [4.78, 5) is 34.0.